The number of imidazole rings is 1. The highest BCUT2D eigenvalue weighted by molar-refractivity contribution is 7.60. The van der Waals surface area contributed by atoms with Gasteiger partial charge in [-0.15, -0.1) is 0 Å². The van der Waals surface area contributed by atoms with Gasteiger partial charge in [0.25, 0.3) is 0 Å². The summed E-state index contributed by atoms with van der Waals surface area (Å²) >= 11 is 0. The van der Waals surface area contributed by atoms with E-state index in [4.69, 9.17) is 40.7 Å². The number of aromatic nitrogens is 4. The third-order valence-corrected chi connectivity index (χ3v) is 6.80. The van der Waals surface area contributed by atoms with Crippen molar-refractivity contribution in [2.45, 2.75) is 36.7 Å². The number of carbonyl (C=O) groups excluding carboxylic acids is 1. The van der Waals surface area contributed by atoms with E-state index in [-0.39, 0.29) is 17.0 Å². The van der Waals surface area contributed by atoms with Crippen molar-refractivity contribution in [2.24, 2.45) is 0 Å². The Morgan fingerprint density at radius 1 is 1.14 bits per heavy atom. The maximum Gasteiger partial charge on any atom is 0.481 e. The zero-order valence-electron chi connectivity index (χ0n) is 18.5. The molecule has 1 aliphatic heterocycles. The molecule has 1 aliphatic rings. The number of carbonyl (C=O) groups is 1. The van der Waals surface area contributed by atoms with Gasteiger partial charge in [0, 0.05) is 0 Å². The molecule has 37 heavy (non-hydrogen) atoms. The number of hydrogen-bond acceptors (Lipinski definition) is 16. The molecule has 20 nitrogen and oxygen atoms in total. The SMILES string of the molecule is Nc1ncnc2c1ncn2[C@@H]1O[C@H](COP(=O)(O)OP(=O)(O)O)[C@@H](O)[C@H]1O.O=C(CO)[C@H](O)[C@H](O)CO. The maximum absolute atomic E-state index is 11.5. The van der Waals surface area contributed by atoms with Gasteiger partial charge < -0.3 is 55.8 Å². The van der Waals surface area contributed by atoms with Crippen LogP contribution in [-0.2, 0) is 27.5 Å². The molecular formula is C15H25N5O15P2. The Labute approximate surface area is 206 Å². The van der Waals surface area contributed by atoms with Gasteiger partial charge in [0.2, 0.25) is 0 Å². The summed E-state index contributed by atoms with van der Waals surface area (Å²) < 4.78 is 36.8. The van der Waals surface area contributed by atoms with E-state index < -0.39 is 78.0 Å². The predicted octanol–water partition coefficient (Wildman–Crippen LogP) is -4.48. The number of Topliss-reactive ketones (excluding diaryl/α,β-unsaturated/α-hetero) is 1. The van der Waals surface area contributed by atoms with Crippen molar-refractivity contribution in [3.63, 3.8) is 0 Å². The van der Waals surface area contributed by atoms with Crippen LogP contribution in [0.3, 0.4) is 0 Å². The lowest BCUT2D eigenvalue weighted by Gasteiger charge is -2.17. The molecule has 2 aromatic rings. The molecule has 1 fully saturated rings. The Morgan fingerprint density at radius 2 is 1.78 bits per heavy atom. The zero-order valence-corrected chi connectivity index (χ0v) is 20.3. The first-order valence-corrected chi connectivity index (χ1v) is 12.9. The van der Waals surface area contributed by atoms with Crippen LogP contribution in [0.1, 0.15) is 6.23 Å². The van der Waals surface area contributed by atoms with E-state index in [1.165, 1.54) is 10.9 Å². The standard InChI is InChI=1S/C10H15N5O10P2.C5H10O5/c11-8-5-9(13-2-12-8)15(3-14-5)10-7(17)6(16)4(24-10)1-23-27(21,22)25-26(18,19)20;6-1-3(8)5(10)4(9)2-7/h2-4,6-7,10,16-17H,1H2,(H,21,22)(H2,11,12,13)(H2,18,19,20);3,5-8,10H,1-2H2/t4-,6-,7-,10-;3-,5-/m11/s1. The first-order valence-electron chi connectivity index (χ1n) is 9.91. The largest absolute Gasteiger partial charge is 0.481 e. The summed E-state index contributed by atoms with van der Waals surface area (Å²) in [5.41, 5.74) is 6.11. The molecule has 3 rings (SSSR count). The summed E-state index contributed by atoms with van der Waals surface area (Å²) in [6, 6.07) is 0. The van der Waals surface area contributed by atoms with Crippen LogP contribution in [0.5, 0.6) is 0 Å². The molecule has 0 radical (unpaired) electrons. The number of aliphatic hydroxyl groups excluding tert-OH is 6. The Balaban J connectivity index is 0.000000410. The van der Waals surface area contributed by atoms with E-state index in [9.17, 15) is 29.0 Å². The van der Waals surface area contributed by atoms with E-state index in [2.05, 4.69) is 23.8 Å². The van der Waals surface area contributed by atoms with Crippen molar-refractivity contribution in [2.75, 3.05) is 25.6 Å². The molecule has 1 unspecified atom stereocenters. The summed E-state index contributed by atoms with van der Waals surface area (Å²) in [4.78, 5) is 48.4. The number of phosphoric ester groups is 1. The van der Waals surface area contributed by atoms with Crippen molar-refractivity contribution in [3.05, 3.63) is 12.7 Å². The van der Waals surface area contributed by atoms with Gasteiger partial charge in [-0.3, -0.25) is 13.9 Å². The highest BCUT2D eigenvalue weighted by Crippen LogP contribution is 2.57. The molecule has 22 heteroatoms. The number of nitrogen functional groups attached to an aromatic ring is 1. The minimum atomic E-state index is -5.29. The highest BCUT2D eigenvalue weighted by atomic mass is 31.3. The second kappa shape index (κ2) is 12.7. The Kier molecular flexibility index (Phi) is 10.7. The number of fused-ring (bicyclic) bond motifs is 1. The van der Waals surface area contributed by atoms with Crippen LogP contribution in [0, 0.1) is 0 Å². The van der Waals surface area contributed by atoms with E-state index in [0.29, 0.717) is 0 Å². The van der Waals surface area contributed by atoms with Crippen molar-refractivity contribution < 1.29 is 72.8 Å². The number of ether oxygens (including phenoxy) is 1. The predicted molar refractivity (Wildman–Crippen MR) is 116 cm³/mol. The third kappa shape index (κ3) is 8.24. The minimum absolute atomic E-state index is 0.0856. The summed E-state index contributed by atoms with van der Waals surface area (Å²) in [5, 5.41) is 53.9. The summed E-state index contributed by atoms with van der Waals surface area (Å²) in [7, 11) is -10.4. The highest BCUT2D eigenvalue weighted by Gasteiger charge is 2.46. The van der Waals surface area contributed by atoms with Crippen LogP contribution in [0.4, 0.5) is 5.82 Å². The van der Waals surface area contributed by atoms with Gasteiger partial charge in [-0.25, -0.2) is 24.1 Å². The van der Waals surface area contributed by atoms with Crippen molar-refractivity contribution in [3.8, 4) is 0 Å². The lowest BCUT2D eigenvalue weighted by atomic mass is 10.1. The van der Waals surface area contributed by atoms with Crippen LogP contribution in [0.2, 0.25) is 0 Å². The van der Waals surface area contributed by atoms with E-state index in [1.54, 1.807) is 0 Å². The van der Waals surface area contributed by atoms with E-state index in [1.807, 2.05) is 0 Å². The molecule has 7 atom stereocenters. The molecule has 0 spiro atoms. The van der Waals surface area contributed by atoms with Crippen LogP contribution in [0.25, 0.3) is 11.2 Å². The van der Waals surface area contributed by atoms with Crippen molar-refractivity contribution >= 4 is 38.4 Å². The fraction of sp³-hybridized carbons (Fsp3) is 0.600. The van der Waals surface area contributed by atoms with Gasteiger partial charge in [-0.1, -0.05) is 0 Å². The first kappa shape index (κ1) is 31.2. The lowest BCUT2D eigenvalue weighted by molar-refractivity contribution is -0.137. The average Bonchev–Trinajstić information content (AvgIpc) is 3.37. The van der Waals surface area contributed by atoms with Gasteiger partial charge >= 0.3 is 15.6 Å². The normalized spacial score (nSPS) is 25.2. The van der Waals surface area contributed by atoms with Gasteiger partial charge in [-0.05, 0) is 0 Å². The second-order valence-electron chi connectivity index (χ2n) is 7.28. The lowest BCUT2D eigenvalue weighted by Crippen LogP contribution is -2.37. The third-order valence-electron chi connectivity index (χ3n) is 4.65. The number of aliphatic hydroxyl groups is 6. The Hall–Kier alpha value is -2.00. The van der Waals surface area contributed by atoms with Gasteiger partial charge in [0.15, 0.2) is 23.5 Å². The molecule has 0 aliphatic carbocycles. The number of hydrogen-bond donors (Lipinski definition) is 10. The molecule has 0 bridgehead atoms. The van der Waals surface area contributed by atoms with Crippen LogP contribution in [-0.4, -0.2) is 121 Å². The number of rotatable bonds is 10. The molecular weight excluding hydrogens is 552 g/mol. The molecule has 2 aromatic heterocycles. The fourth-order valence-corrected chi connectivity index (χ4v) is 4.49. The quantitative estimate of drug-likeness (QED) is 0.119. The van der Waals surface area contributed by atoms with Crippen molar-refractivity contribution in [1.29, 1.82) is 0 Å². The van der Waals surface area contributed by atoms with Gasteiger partial charge in [0.05, 0.1) is 19.5 Å². The number of nitrogens with zero attached hydrogens (tertiary/aromatic N) is 4. The summed E-state index contributed by atoms with van der Waals surface area (Å²) in [6.45, 7) is -2.35. The summed E-state index contributed by atoms with van der Waals surface area (Å²) in [5.74, 6) is -0.816. The topological polar surface area (TPSA) is 331 Å². The van der Waals surface area contributed by atoms with Crippen molar-refractivity contribution in [1.82, 2.24) is 19.5 Å². The minimum Gasteiger partial charge on any atom is -0.394 e. The Morgan fingerprint density at radius 3 is 2.35 bits per heavy atom. The van der Waals surface area contributed by atoms with E-state index in [0.717, 1.165) is 6.33 Å². The van der Waals surface area contributed by atoms with Crippen LogP contribution < -0.4 is 5.73 Å². The fourth-order valence-electron chi connectivity index (χ4n) is 2.89. The van der Waals surface area contributed by atoms with Gasteiger partial charge in [0.1, 0.15) is 49.0 Å². The Bertz CT molecular complexity index is 1160. The monoisotopic (exact) mass is 577 g/mol. The number of nitrogens with two attached hydrogens (primary N) is 1. The molecule has 0 amide bonds. The number of anilines is 1. The smallest absolute Gasteiger partial charge is 0.394 e. The molecule has 1 saturated heterocycles. The van der Waals surface area contributed by atoms with E-state index >= 15 is 0 Å². The average molecular weight is 577 g/mol. The second-order valence-corrected chi connectivity index (χ2v) is 10.1. The number of ketones is 1. The molecule has 210 valence electrons. The number of phosphoric acid groups is 2. The first-order chi connectivity index (χ1) is 17.1. The molecule has 11 N–H and O–H groups in total. The van der Waals surface area contributed by atoms with Crippen LogP contribution in [0.15, 0.2) is 12.7 Å². The zero-order chi connectivity index (χ0) is 28.1. The molecule has 0 saturated carbocycles. The summed E-state index contributed by atoms with van der Waals surface area (Å²) in [6.07, 6.45) is -6.39. The maximum atomic E-state index is 11.5. The van der Waals surface area contributed by atoms with Crippen LogP contribution >= 0.6 is 15.6 Å². The molecule has 3 heterocycles. The molecule has 0 aromatic carbocycles. The van der Waals surface area contributed by atoms with Gasteiger partial charge in [-0.2, -0.15) is 4.31 Å².